The van der Waals surface area contributed by atoms with Crippen LogP contribution in [-0.2, 0) is 10.8 Å². The Kier molecular flexibility index (Phi) is 7.63. The van der Waals surface area contributed by atoms with Gasteiger partial charge in [0.15, 0.2) is 0 Å². The van der Waals surface area contributed by atoms with E-state index in [1.54, 1.807) is 0 Å². The molecule has 292 valence electrons. The SMILES string of the molecule is Cc1cc2c3c(c1)C(C)(C)c1cc(N(c4ccccc4)c4ccccc4)ccc1B3c1cccc3c4c(n-2c13)-c1ccc(N(c2ccccc2)c2ccccc2)cc1C4(C)C. The summed E-state index contributed by atoms with van der Waals surface area (Å²) in [4.78, 5) is 4.78. The van der Waals surface area contributed by atoms with Crippen LogP contribution in [0.4, 0.5) is 34.1 Å². The van der Waals surface area contributed by atoms with Crippen molar-refractivity contribution >= 4 is 68.1 Å². The zero-order valence-corrected chi connectivity index (χ0v) is 35.3. The third-order valence-electron chi connectivity index (χ3n) is 14.0. The first kappa shape index (κ1) is 35.9. The Hall–Kier alpha value is -7.04. The molecule has 1 aromatic heterocycles. The van der Waals surface area contributed by atoms with Gasteiger partial charge in [-0.25, -0.2) is 0 Å². The zero-order valence-electron chi connectivity index (χ0n) is 35.3. The lowest BCUT2D eigenvalue weighted by molar-refractivity contribution is 0.644. The van der Waals surface area contributed by atoms with Crippen LogP contribution < -0.4 is 26.2 Å². The molecule has 0 saturated heterocycles. The summed E-state index contributed by atoms with van der Waals surface area (Å²) in [5.74, 6) is 0. The molecule has 0 fully saturated rings. The van der Waals surface area contributed by atoms with Crippen molar-refractivity contribution in [3.05, 3.63) is 216 Å². The molecule has 3 heterocycles. The monoisotopic (exact) mass is 783 g/mol. The van der Waals surface area contributed by atoms with Gasteiger partial charge in [-0.15, -0.1) is 0 Å². The van der Waals surface area contributed by atoms with E-state index < -0.39 is 0 Å². The molecule has 61 heavy (non-hydrogen) atoms. The molecule has 0 spiro atoms. The first-order chi connectivity index (χ1) is 29.7. The van der Waals surface area contributed by atoms with Gasteiger partial charge in [0.05, 0.1) is 5.69 Å². The number of benzene rings is 8. The van der Waals surface area contributed by atoms with Crippen molar-refractivity contribution in [3.63, 3.8) is 0 Å². The summed E-state index contributed by atoms with van der Waals surface area (Å²) in [5, 5.41) is 1.36. The van der Waals surface area contributed by atoms with Crippen molar-refractivity contribution in [3.8, 4) is 16.9 Å². The minimum Gasteiger partial charge on any atom is -0.310 e. The summed E-state index contributed by atoms with van der Waals surface area (Å²) < 4.78 is 2.67. The molecule has 9 aromatic rings. The highest BCUT2D eigenvalue weighted by atomic mass is 15.1. The van der Waals surface area contributed by atoms with E-state index >= 15 is 0 Å². The van der Waals surface area contributed by atoms with Gasteiger partial charge in [-0.2, -0.15) is 0 Å². The third-order valence-corrected chi connectivity index (χ3v) is 14.0. The van der Waals surface area contributed by atoms with Gasteiger partial charge in [0, 0.05) is 67.1 Å². The fourth-order valence-electron chi connectivity index (χ4n) is 11.3. The van der Waals surface area contributed by atoms with Gasteiger partial charge < -0.3 is 14.4 Å². The molecule has 4 heteroatoms. The summed E-state index contributed by atoms with van der Waals surface area (Å²) in [6.07, 6.45) is 0. The van der Waals surface area contributed by atoms with Crippen LogP contribution in [0.5, 0.6) is 0 Å². The molecular formula is C57H46BN3. The Morgan fingerprint density at radius 1 is 0.443 bits per heavy atom. The van der Waals surface area contributed by atoms with Crippen molar-refractivity contribution in [2.24, 2.45) is 0 Å². The van der Waals surface area contributed by atoms with Gasteiger partial charge in [0.25, 0.3) is 0 Å². The normalized spacial score (nSPS) is 14.5. The Balaban J connectivity index is 1.08. The molecule has 0 amide bonds. The summed E-state index contributed by atoms with van der Waals surface area (Å²) in [5.41, 5.74) is 22.9. The van der Waals surface area contributed by atoms with Crippen LogP contribution in [0.3, 0.4) is 0 Å². The minimum atomic E-state index is -0.247. The second kappa shape index (κ2) is 13.0. The van der Waals surface area contributed by atoms with Crippen LogP contribution in [0.25, 0.3) is 27.8 Å². The molecule has 0 bridgehead atoms. The summed E-state index contributed by atoms with van der Waals surface area (Å²) in [6, 6.07) is 69.6. The van der Waals surface area contributed by atoms with Gasteiger partial charge in [0.2, 0.25) is 6.71 Å². The van der Waals surface area contributed by atoms with Crippen LogP contribution >= 0.6 is 0 Å². The molecule has 12 rings (SSSR count). The molecule has 1 aliphatic carbocycles. The molecule has 0 N–H and O–H groups in total. The van der Waals surface area contributed by atoms with Gasteiger partial charge >= 0.3 is 0 Å². The molecule has 2 aliphatic heterocycles. The van der Waals surface area contributed by atoms with E-state index in [1.165, 1.54) is 83.4 Å². The fraction of sp³-hybridized carbons (Fsp3) is 0.123. The Morgan fingerprint density at radius 3 is 1.52 bits per heavy atom. The van der Waals surface area contributed by atoms with E-state index in [4.69, 9.17) is 0 Å². The summed E-state index contributed by atoms with van der Waals surface area (Å²) in [6.45, 7) is 12.2. The highest BCUT2D eigenvalue weighted by Gasteiger charge is 2.48. The highest BCUT2D eigenvalue weighted by Crippen LogP contribution is 2.56. The smallest absolute Gasteiger partial charge is 0.247 e. The first-order valence-corrected chi connectivity index (χ1v) is 21.6. The number of aromatic nitrogens is 1. The maximum Gasteiger partial charge on any atom is 0.247 e. The van der Waals surface area contributed by atoms with Gasteiger partial charge in [0.1, 0.15) is 0 Å². The first-order valence-electron chi connectivity index (χ1n) is 21.6. The van der Waals surface area contributed by atoms with Gasteiger partial charge in [-0.1, -0.05) is 142 Å². The standard InChI is InChI=1S/C57H46BN3/c1-37-33-48-53-51(34-37)61-54-45(52-55(61)44-31-29-42(35-46(44)57(52,4)5)59(38-19-10-6-11-20-38)39-21-12-7-13-22-39)27-18-28-50(54)58(53)49-32-30-43(36-47(49)56(48,2)3)60(40-23-14-8-15-24-40)41-25-16-9-17-26-41/h6-36H,1-5H3. The van der Waals surface area contributed by atoms with Crippen LogP contribution in [0.15, 0.2) is 188 Å². The summed E-state index contributed by atoms with van der Waals surface area (Å²) in [7, 11) is 0. The Bertz CT molecular complexity index is 3120. The minimum absolute atomic E-state index is 0.117. The number of rotatable bonds is 6. The molecule has 0 atom stereocenters. The van der Waals surface area contributed by atoms with Crippen molar-refractivity contribution in [1.82, 2.24) is 4.57 Å². The molecule has 0 saturated carbocycles. The number of para-hydroxylation sites is 5. The lowest BCUT2D eigenvalue weighted by atomic mass is 9.30. The largest absolute Gasteiger partial charge is 0.310 e. The molecule has 8 aromatic carbocycles. The third kappa shape index (κ3) is 5.06. The average molecular weight is 784 g/mol. The average Bonchev–Trinajstić information content (AvgIpc) is 3.76. The second-order valence-corrected chi connectivity index (χ2v) is 18.2. The lowest BCUT2D eigenvalue weighted by Gasteiger charge is -2.43. The van der Waals surface area contributed by atoms with Crippen molar-refractivity contribution in [2.45, 2.75) is 45.4 Å². The van der Waals surface area contributed by atoms with E-state index in [9.17, 15) is 0 Å². The maximum atomic E-state index is 2.67. The van der Waals surface area contributed by atoms with E-state index in [-0.39, 0.29) is 17.5 Å². The molecule has 3 nitrogen and oxygen atoms in total. The van der Waals surface area contributed by atoms with Crippen LogP contribution in [-0.4, -0.2) is 11.3 Å². The molecule has 3 aliphatic rings. The fourth-order valence-corrected chi connectivity index (χ4v) is 11.3. The van der Waals surface area contributed by atoms with E-state index in [0.29, 0.717) is 0 Å². The van der Waals surface area contributed by atoms with Crippen LogP contribution in [0.2, 0.25) is 0 Å². The molecular weight excluding hydrogens is 737 g/mol. The molecule has 0 unspecified atom stereocenters. The van der Waals surface area contributed by atoms with Crippen LogP contribution in [0.1, 0.15) is 55.5 Å². The van der Waals surface area contributed by atoms with Crippen LogP contribution in [0, 0.1) is 6.92 Å². The van der Waals surface area contributed by atoms with E-state index in [0.717, 1.165) is 22.7 Å². The predicted octanol–water partition coefficient (Wildman–Crippen LogP) is 12.7. The van der Waals surface area contributed by atoms with E-state index in [2.05, 4.69) is 237 Å². The Morgan fingerprint density at radius 2 is 0.967 bits per heavy atom. The van der Waals surface area contributed by atoms with Crippen molar-refractivity contribution < 1.29 is 0 Å². The van der Waals surface area contributed by atoms with Crippen molar-refractivity contribution in [2.75, 3.05) is 9.80 Å². The van der Waals surface area contributed by atoms with Gasteiger partial charge in [-0.05, 0) is 125 Å². The number of fused-ring (bicyclic) bond motifs is 9. The number of hydrogen-bond acceptors (Lipinski definition) is 2. The van der Waals surface area contributed by atoms with Gasteiger partial charge in [-0.3, -0.25) is 0 Å². The summed E-state index contributed by atoms with van der Waals surface area (Å²) >= 11 is 0. The molecule has 0 radical (unpaired) electrons. The quantitative estimate of drug-likeness (QED) is 0.156. The maximum absolute atomic E-state index is 2.67. The van der Waals surface area contributed by atoms with Crippen molar-refractivity contribution in [1.29, 1.82) is 0 Å². The zero-order chi connectivity index (χ0) is 41.2. The number of hydrogen-bond donors (Lipinski definition) is 0. The lowest BCUT2D eigenvalue weighted by Crippen LogP contribution is -2.63. The number of aryl methyl sites for hydroxylation is 1. The Labute approximate surface area is 359 Å². The number of anilines is 6. The van der Waals surface area contributed by atoms with E-state index in [1.807, 2.05) is 0 Å². The second-order valence-electron chi connectivity index (χ2n) is 18.2. The topological polar surface area (TPSA) is 11.4 Å². The predicted molar refractivity (Wildman–Crippen MR) is 258 cm³/mol. The highest BCUT2D eigenvalue weighted by molar-refractivity contribution is 6.99. The number of nitrogens with zero attached hydrogens (tertiary/aromatic N) is 3.